The monoisotopic (exact) mass is 755 g/mol. The fraction of sp³-hybridized carbons (Fsp3) is 0.565. The molecule has 2 aliphatic heterocycles. The average molecular weight is 756 g/mol. The van der Waals surface area contributed by atoms with E-state index in [4.69, 9.17) is 35.0 Å². The predicted molar refractivity (Wildman–Crippen MR) is 215 cm³/mol. The lowest BCUT2D eigenvalue weighted by atomic mass is 9.96. The summed E-state index contributed by atoms with van der Waals surface area (Å²) in [5.74, 6) is 0.558. The number of hydrogen-bond acceptors (Lipinski definition) is 8. The number of benzene rings is 3. The molecule has 3 aromatic carbocycles. The summed E-state index contributed by atoms with van der Waals surface area (Å²) in [6, 6.07) is 20.3. The van der Waals surface area contributed by atoms with Crippen molar-refractivity contribution in [1.82, 2.24) is 0 Å². The van der Waals surface area contributed by atoms with Gasteiger partial charge in [0.15, 0.2) is 18.3 Å². The van der Waals surface area contributed by atoms with Gasteiger partial charge in [0.1, 0.15) is 17.1 Å². The molecule has 1 N–H and O–H groups in total. The first-order valence-corrected chi connectivity index (χ1v) is 20.5. The standard InChI is InChI=1S/C46H61NO8/c1-6-38-29-41(52-34(4)51-38)31-42-30-40(28-33(3)48)53-45(54-42)15-13-11-9-7-8-10-12-14-26-50-44-27-32(2)16-25-43(44)46(49)55-39-23-19-36(20-24-39)35-17-21-37(47-5)22-18-35/h16-25,27,33-34,38,40-42,45,48H,6-15,26,28-31H2,1-4H3. The van der Waals surface area contributed by atoms with Crippen LogP contribution in [-0.4, -0.2) is 60.8 Å². The average Bonchev–Trinajstić information content (AvgIpc) is 3.16. The third kappa shape index (κ3) is 14.0. The van der Waals surface area contributed by atoms with Gasteiger partial charge in [0.25, 0.3) is 0 Å². The highest BCUT2D eigenvalue weighted by Gasteiger charge is 2.35. The molecule has 2 saturated heterocycles. The summed E-state index contributed by atoms with van der Waals surface area (Å²) in [5, 5.41) is 10.1. The second kappa shape index (κ2) is 22.1. The second-order valence-electron chi connectivity index (χ2n) is 15.3. The number of carbonyl (C=O) groups excluding carboxylic acids is 1. The summed E-state index contributed by atoms with van der Waals surface area (Å²) < 4.78 is 36.5. The smallest absolute Gasteiger partial charge is 0.347 e. The van der Waals surface area contributed by atoms with Crippen molar-refractivity contribution in [2.75, 3.05) is 6.61 Å². The molecule has 3 aromatic rings. The number of esters is 1. The van der Waals surface area contributed by atoms with E-state index in [2.05, 4.69) is 11.8 Å². The lowest BCUT2D eigenvalue weighted by Gasteiger charge is -2.40. The maximum atomic E-state index is 13.2. The van der Waals surface area contributed by atoms with Crippen molar-refractivity contribution in [3.05, 3.63) is 89.3 Å². The van der Waals surface area contributed by atoms with Crippen LogP contribution in [0.15, 0.2) is 66.7 Å². The third-order valence-electron chi connectivity index (χ3n) is 10.4. The molecule has 0 aromatic heterocycles. The third-order valence-corrected chi connectivity index (χ3v) is 10.4. The molecule has 9 heteroatoms. The van der Waals surface area contributed by atoms with Gasteiger partial charge in [-0.15, -0.1) is 0 Å². The van der Waals surface area contributed by atoms with Gasteiger partial charge in [-0.3, -0.25) is 0 Å². The minimum Gasteiger partial charge on any atom is -0.493 e. The van der Waals surface area contributed by atoms with Crippen molar-refractivity contribution in [3.63, 3.8) is 0 Å². The highest BCUT2D eigenvalue weighted by atomic mass is 16.7. The zero-order chi connectivity index (χ0) is 39.0. The van der Waals surface area contributed by atoms with Gasteiger partial charge in [0, 0.05) is 19.3 Å². The summed E-state index contributed by atoms with van der Waals surface area (Å²) in [6.07, 6.45) is 13.5. The Hall–Kier alpha value is -3.78. The molecule has 298 valence electrons. The van der Waals surface area contributed by atoms with Gasteiger partial charge in [-0.1, -0.05) is 87.9 Å². The van der Waals surface area contributed by atoms with Gasteiger partial charge in [-0.25, -0.2) is 9.64 Å². The highest BCUT2D eigenvalue weighted by molar-refractivity contribution is 5.94. The number of aliphatic hydroxyl groups is 1. The Morgan fingerprint density at radius 1 is 0.818 bits per heavy atom. The van der Waals surface area contributed by atoms with Crippen LogP contribution < -0.4 is 9.47 Å². The van der Waals surface area contributed by atoms with E-state index in [1.807, 2.05) is 57.2 Å². The Bertz CT molecular complexity index is 1640. The maximum absolute atomic E-state index is 13.2. The summed E-state index contributed by atoms with van der Waals surface area (Å²) >= 11 is 0. The molecule has 55 heavy (non-hydrogen) atoms. The number of aliphatic hydroxyl groups excluding tert-OH is 1. The van der Waals surface area contributed by atoms with E-state index in [1.54, 1.807) is 30.3 Å². The van der Waals surface area contributed by atoms with Gasteiger partial charge in [-0.05, 0) is 93.8 Å². The molecule has 2 aliphatic rings. The Balaban J connectivity index is 0.958. The van der Waals surface area contributed by atoms with Gasteiger partial charge in [0.05, 0.1) is 43.7 Å². The quantitative estimate of drug-likeness (QED) is 0.0527. The van der Waals surface area contributed by atoms with Crippen LogP contribution in [0, 0.1) is 13.5 Å². The van der Waals surface area contributed by atoms with E-state index in [0.717, 1.165) is 80.9 Å². The van der Waals surface area contributed by atoms with Crippen LogP contribution in [-0.2, 0) is 18.9 Å². The molecule has 7 unspecified atom stereocenters. The van der Waals surface area contributed by atoms with Crippen LogP contribution in [0.25, 0.3) is 16.0 Å². The van der Waals surface area contributed by atoms with Crippen LogP contribution in [0.2, 0.25) is 0 Å². The molecule has 0 radical (unpaired) electrons. The van der Waals surface area contributed by atoms with Crippen LogP contribution in [0.4, 0.5) is 5.69 Å². The summed E-state index contributed by atoms with van der Waals surface area (Å²) in [6.45, 7) is 15.6. The number of rotatable bonds is 20. The normalized spacial score (nSPS) is 23.1. The van der Waals surface area contributed by atoms with E-state index < -0.39 is 12.1 Å². The number of carbonyl (C=O) groups is 1. The topological polar surface area (TPSA) is 97.0 Å². The van der Waals surface area contributed by atoms with E-state index >= 15 is 0 Å². The van der Waals surface area contributed by atoms with E-state index in [0.29, 0.717) is 35.8 Å². The van der Waals surface area contributed by atoms with Crippen molar-refractivity contribution in [1.29, 1.82) is 0 Å². The molecule has 0 amide bonds. The van der Waals surface area contributed by atoms with Crippen LogP contribution in [0.5, 0.6) is 11.5 Å². The molecular weight excluding hydrogens is 695 g/mol. The molecule has 0 saturated carbocycles. The lowest BCUT2D eigenvalue weighted by Crippen LogP contribution is -2.43. The van der Waals surface area contributed by atoms with E-state index in [-0.39, 0.29) is 37.0 Å². The first-order valence-electron chi connectivity index (χ1n) is 20.5. The highest BCUT2D eigenvalue weighted by Crippen LogP contribution is 2.32. The fourth-order valence-corrected chi connectivity index (χ4v) is 7.55. The van der Waals surface area contributed by atoms with Crippen LogP contribution in [0.1, 0.15) is 127 Å². The molecule has 7 atom stereocenters. The number of aryl methyl sites for hydroxylation is 1. The van der Waals surface area contributed by atoms with Gasteiger partial charge in [0.2, 0.25) is 0 Å². The van der Waals surface area contributed by atoms with Gasteiger partial charge in [-0.2, -0.15) is 0 Å². The first-order chi connectivity index (χ1) is 26.7. The summed E-state index contributed by atoms with van der Waals surface area (Å²) in [4.78, 5) is 16.6. The summed E-state index contributed by atoms with van der Waals surface area (Å²) in [7, 11) is 0. The fourth-order valence-electron chi connectivity index (χ4n) is 7.55. The minimum absolute atomic E-state index is 0.00443. The lowest BCUT2D eigenvalue weighted by molar-refractivity contribution is -0.271. The van der Waals surface area contributed by atoms with Crippen molar-refractivity contribution in [2.24, 2.45) is 0 Å². The van der Waals surface area contributed by atoms with Crippen LogP contribution >= 0.6 is 0 Å². The number of nitrogens with zero attached hydrogens (tertiary/aromatic N) is 1. The molecule has 0 aliphatic carbocycles. The Morgan fingerprint density at radius 2 is 1.42 bits per heavy atom. The van der Waals surface area contributed by atoms with E-state index in [1.165, 1.54) is 19.3 Å². The molecule has 9 nitrogen and oxygen atoms in total. The molecular formula is C46H61NO8. The molecule has 2 fully saturated rings. The Morgan fingerprint density at radius 3 is 2.09 bits per heavy atom. The number of ether oxygens (including phenoxy) is 6. The van der Waals surface area contributed by atoms with Crippen LogP contribution in [0.3, 0.4) is 0 Å². The summed E-state index contributed by atoms with van der Waals surface area (Å²) in [5.41, 5.74) is 4.00. The van der Waals surface area contributed by atoms with Gasteiger partial charge >= 0.3 is 5.97 Å². The largest absolute Gasteiger partial charge is 0.493 e. The minimum atomic E-state index is -0.450. The molecule has 5 rings (SSSR count). The van der Waals surface area contributed by atoms with Crippen molar-refractivity contribution >= 4 is 11.7 Å². The maximum Gasteiger partial charge on any atom is 0.347 e. The zero-order valence-corrected chi connectivity index (χ0v) is 33.3. The van der Waals surface area contributed by atoms with Crippen molar-refractivity contribution in [3.8, 4) is 22.6 Å². The van der Waals surface area contributed by atoms with Gasteiger partial charge < -0.3 is 33.5 Å². The van der Waals surface area contributed by atoms with E-state index in [9.17, 15) is 9.90 Å². The molecule has 2 heterocycles. The second-order valence-corrected chi connectivity index (χ2v) is 15.3. The SMILES string of the molecule is [C-]#[N+]c1ccc(-c2ccc(OC(=O)c3ccc(C)cc3OCCCCCCCCCCC3OC(CC(C)O)CC(CC4CC(CC)OC(C)O4)O3)cc2)cc1. The predicted octanol–water partition coefficient (Wildman–Crippen LogP) is 10.9. The Kier molecular flexibility index (Phi) is 17.0. The Labute approximate surface area is 328 Å². The first kappa shape index (κ1) is 42.4. The van der Waals surface area contributed by atoms with Crippen molar-refractivity contribution < 1.29 is 38.3 Å². The number of unbranched alkanes of at least 4 members (excludes halogenated alkanes) is 7. The molecule has 0 spiro atoms. The number of hydrogen-bond donors (Lipinski definition) is 1. The molecule has 0 bridgehead atoms. The van der Waals surface area contributed by atoms with Crippen molar-refractivity contribution in [2.45, 2.75) is 161 Å². The zero-order valence-electron chi connectivity index (χ0n) is 33.3.